The van der Waals surface area contributed by atoms with E-state index in [1.165, 1.54) is 0 Å². The molecule has 3 aromatic rings. The molecular formula is C21H25N5O2. The summed E-state index contributed by atoms with van der Waals surface area (Å²) in [6.07, 6.45) is 3.14. The van der Waals surface area contributed by atoms with Crippen molar-refractivity contribution < 1.29 is 9.53 Å². The van der Waals surface area contributed by atoms with E-state index in [1.54, 1.807) is 17.3 Å². The summed E-state index contributed by atoms with van der Waals surface area (Å²) in [4.78, 5) is 28.2. The summed E-state index contributed by atoms with van der Waals surface area (Å²) in [7, 11) is 0. The number of ether oxygens (including phenoxy) is 1. The first kappa shape index (κ1) is 18.3. The first-order valence-electron chi connectivity index (χ1n) is 9.52. The van der Waals surface area contributed by atoms with E-state index in [1.807, 2.05) is 26.8 Å². The normalized spacial score (nSPS) is 15.1. The lowest BCUT2D eigenvalue weighted by atomic mass is 10.1. The van der Waals surface area contributed by atoms with Crippen molar-refractivity contribution in [3.8, 4) is 11.3 Å². The number of hydrogen-bond donors (Lipinski definition) is 1. The third-order valence-corrected chi connectivity index (χ3v) is 4.74. The molecule has 0 saturated carbocycles. The molecule has 0 bridgehead atoms. The fourth-order valence-corrected chi connectivity index (χ4v) is 3.33. The molecule has 4 rings (SSSR count). The maximum atomic E-state index is 12.2. The average Bonchev–Trinajstić information content (AvgIpc) is 3.11. The lowest BCUT2D eigenvalue weighted by Crippen LogP contribution is -2.50. The van der Waals surface area contributed by atoms with Crippen molar-refractivity contribution in [2.45, 2.75) is 26.4 Å². The quantitative estimate of drug-likeness (QED) is 0.735. The first-order chi connectivity index (χ1) is 13.4. The molecule has 28 heavy (non-hydrogen) atoms. The van der Waals surface area contributed by atoms with Crippen LogP contribution in [0.1, 0.15) is 20.8 Å². The summed E-state index contributed by atoms with van der Waals surface area (Å²) >= 11 is 0. The molecule has 146 valence electrons. The van der Waals surface area contributed by atoms with Gasteiger partial charge in [0, 0.05) is 50.0 Å². The molecular weight excluding hydrogens is 354 g/mol. The third-order valence-electron chi connectivity index (χ3n) is 4.74. The molecule has 2 aromatic heterocycles. The highest BCUT2D eigenvalue weighted by atomic mass is 16.6. The number of H-pyrrole nitrogens is 1. The number of benzene rings is 1. The van der Waals surface area contributed by atoms with E-state index in [9.17, 15) is 4.79 Å². The Morgan fingerprint density at radius 2 is 1.71 bits per heavy atom. The average molecular weight is 379 g/mol. The van der Waals surface area contributed by atoms with Crippen LogP contribution in [0.4, 0.5) is 10.5 Å². The summed E-state index contributed by atoms with van der Waals surface area (Å²) in [5.41, 5.74) is 4.44. The zero-order valence-corrected chi connectivity index (χ0v) is 16.5. The van der Waals surface area contributed by atoms with Gasteiger partial charge in [-0.15, -0.1) is 0 Å². The van der Waals surface area contributed by atoms with E-state index < -0.39 is 5.60 Å². The molecule has 0 unspecified atom stereocenters. The van der Waals surface area contributed by atoms with Crippen molar-refractivity contribution in [1.29, 1.82) is 0 Å². The Morgan fingerprint density at radius 3 is 2.36 bits per heavy atom. The Bertz CT molecular complexity index is 933. The number of aromatic amines is 1. The number of piperazine rings is 1. The van der Waals surface area contributed by atoms with Crippen molar-refractivity contribution in [1.82, 2.24) is 19.9 Å². The second-order valence-corrected chi connectivity index (χ2v) is 7.97. The maximum Gasteiger partial charge on any atom is 0.410 e. The monoisotopic (exact) mass is 379 g/mol. The number of fused-ring (bicyclic) bond motifs is 1. The van der Waals surface area contributed by atoms with Gasteiger partial charge < -0.3 is 19.5 Å². The summed E-state index contributed by atoms with van der Waals surface area (Å²) in [5, 5.41) is 0. The Hall–Kier alpha value is -3.09. The third kappa shape index (κ3) is 3.93. The standard InChI is InChI=1S/C21H25N5O2/c1-21(2,3)28-20(27)26-12-10-25(11-13-26)16-6-4-15(5-7-16)17-14-18-19(24-17)23-9-8-22-18/h4-9,14H,10-13H2,1-3H3,(H,23,24). The number of nitrogens with one attached hydrogen (secondary N) is 1. The van der Waals surface area contributed by atoms with Crippen molar-refractivity contribution in [2.24, 2.45) is 0 Å². The number of rotatable bonds is 2. The van der Waals surface area contributed by atoms with E-state index in [-0.39, 0.29) is 6.09 Å². The van der Waals surface area contributed by atoms with Gasteiger partial charge in [0.25, 0.3) is 0 Å². The van der Waals surface area contributed by atoms with Gasteiger partial charge in [0.2, 0.25) is 0 Å². The molecule has 1 amide bonds. The van der Waals surface area contributed by atoms with E-state index in [2.05, 4.69) is 44.1 Å². The zero-order chi connectivity index (χ0) is 19.7. The molecule has 1 saturated heterocycles. The van der Waals surface area contributed by atoms with E-state index in [0.717, 1.165) is 41.2 Å². The number of carbonyl (C=O) groups is 1. The van der Waals surface area contributed by atoms with Crippen LogP contribution in [0, 0.1) is 0 Å². The second-order valence-electron chi connectivity index (χ2n) is 7.97. The molecule has 1 aliphatic heterocycles. The van der Waals surface area contributed by atoms with Gasteiger partial charge in [-0.2, -0.15) is 0 Å². The van der Waals surface area contributed by atoms with Crippen LogP contribution in [0.5, 0.6) is 0 Å². The molecule has 0 radical (unpaired) electrons. The molecule has 3 heterocycles. The van der Waals surface area contributed by atoms with Crippen LogP contribution in [0.3, 0.4) is 0 Å². The van der Waals surface area contributed by atoms with Gasteiger partial charge in [0.15, 0.2) is 5.65 Å². The number of hydrogen-bond acceptors (Lipinski definition) is 5. The lowest BCUT2D eigenvalue weighted by molar-refractivity contribution is 0.0240. The van der Waals surface area contributed by atoms with Crippen molar-refractivity contribution in [3.63, 3.8) is 0 Å². The first-order valence-corrected chi connectivity index (χ1v) is 9.52. The minimum absolute atomic E-state index is 0.233. The van der Waals surface area contributed by atoms with Crippen LogP contribution >= 0.6 is 0 Å². The lowest BCUT2D eigenvalue weighted by Gasteiger charge is -2.36. The Kier molecular flexibility index (Phi) is 4.66. The largest absolute Gasteiger partial charge is 0.444 e. The Labute approximate surface area is 164 Å². The summed E-state index contributed by atoms with van der Waals surface area (Å²) in [6, 6.07) is 10.4. The number of amides is 1. The molecule has 7 heteroatoms. The minimum Gasteiger partial charge on any atom is -0.444 e. The predicted molar refractivity (Wildman–Crippen MR) is 109 cm³/mol. The van der Waals surface area contributed by atoms with Gasteiger partial charge in [-0.3, -0.25) is 4.98 Å². The van der Waals surface area contributed by atoms with E-state index in [0.29, 0.717) is 13.1 Å². The van der Waals surface area contributed by atoms with Crippen LogP contribution in [-0.2, 0) is 4.74 Å². The minimum atomic E-state index is -0.461. The molecule has 1 fully saturated rings. The molecule has 7 nitrogen and oxygen atoms in total. The van der Waals surface area contributed by atoms with Gasteiger partial charge in [0.1, 0.15) is 11.1 Å². The van der Waals surface area contributed by atoms with Gasteiger partial charge in [-0.1, -0.05) is 12.1 Å². The molecule has 1 aromatic carbocycles. The fourth-order valence-electron chi connectivity index (χ4n) is 3.33. The SMILES string of the molecule is CC(C)(C)OC(=O)N1CCN(c2ccc(-c3cc4nccnc4[nH]3)cc2)CC1. The predicted octanol–water partition coefficient (Wildman–Crippen LogP) is 3.68. The van der Waals surface area contributed by atoms with Crippen molar-refractivity contribution >= 4 is 22.9 Å². The molecule has 1 aliphatic rings. The number of nitrogens with zero attached hydrogens (tertiary/aromatic N) is 4. The second kappa shape index (κ2) is 7.14. The molecule has 0 aliphatic carbocycles. The molecule has 0 atom stereocenters. The van der Waals surface area contributed by atoms with E-state index >= 15 is 0 Å². The number of aromatic nitrogens is 3. The smallest absolute Gasteiger partial charge is 0.410 e. The number of anilines is 1. The zero-order valence-electron chi connectivity index (χ0n) is 16.5. The maximum absolute atomic E-state index is 12.2. The fraction of sp³-hybridized carbons (Fsp3) is 0.381. The van der Waals surface area contributed by atoms with Crippen LogP contribution in [0.25, 0.3) is 22.4 Å². The number of carbonyl (C=O) groups excluding carboxylic acids is 1. The van der Waals surface area contributed by atoms with E-state index in [4.69, 9.17) is 4.74 Å². The Morgan fingerprint density at radius 1 is 1.04 bits per heavy atom. The van der Waals surface area contributed by atoms with Gasteiger partial charge >= 0.3 is 6.09 Å². The van der Waals surface area contributed by atoms with Crippen LogP contribution < -0.4 is 4.90 Å². The van der Waals surface area contributed by atoms with Crippen LogP contribution in [-0.4, -0.2) is 57.7 Å². The van der Waals surface area contributed by atoms with Gasteiger partial charge in [-0.25, -0.2) is 9.78 Å². The van der Waals surface area contributed by atoms with Crippen molar-refractivity contribution in [2.75, 3.05) is 31.1 Å². The van der Waals surface area contributed by atoms with Gasteiger partial charge in [0.05, 0.1) is 0 Å². The highest BCUT2D eigenvalue weighted by Crippen LogP contribution is 2.25. The molecule has 0 spiro atoms. The topological polar surface area (TPSA) is 74.3 Å². The highest BCUT2D eigenvalue weighted by Gasteiger charge is 2.25. The van der Waals surface area contributed by atoms with Crippen molar-refractivity contribution in [3.05, 3.63) is 42.7 Å². The van der Waals surface area contributed by atoms with Gasteiger partial charge in [-0.05, 0) is 44.5 Å². The van der Waals surface area contributed by atoms with Crippen LogP contribution in [0.2, 0.25) is 0 Å². The Balaban J connectivity index is 1.40. The molecule has 1 N–H and O–H groups in total. The highest BCUT2D eigenvalue weighted by molar-refractivity contribution is 5.79. The van der Waals surface area contributed by atoms with Crippen LogP contribution in [0.15, 0.2) is 42.7 Å². The summed E-state index contributed by atoms with van der Waals surface area (Å²) in [5.74, 6) is 0. The summed E-state index contributed by atoms with van der Waals surface area (Å²) < 4.78 is 5.46. The summed E-state index contributed by atoms with van der Waals surface area (Å²) in [6.45, 7) is 8.58.